The maximum absolute atomic E-state index is 13.6. The lowest BCUT2D eigenvalue weighted by atomic mass is 9.85. The summed E-state index contributed by atoms with van der Waals surface area (Å²) in [7, 11) is 1.23. The van der Waals surface area contributed by atoms with Gasteiger partial charge in [0.1, 0.15) is 11.6 Å². The Bertz CT molecular complexity index is 1410. The first kappa shape index (κ1) is 36.0. The highest BCUT2D eigenvalue weighted by atomic mass is 16.6. The van der Waals surface area contributed by atoms with E-state index in [4.69, 9.17) is 9.47 Å². The van der Waals surface area contributed by atoms with Gasteiger partial charge in [-0.3, -0.25) is 15.2 Å². The topological polar surface area (TPSA) is 142 Å². The molecule has 0 spiro atoms. The Morgan fingerprint density at radius 1 is 0.848 bits per heavy atom. The average Bonchev–Trinajstić information content (AvgIpc) is 2.99. The largest absolute Gasteiger partial charge is 0.453 e. The second kappa shape index (κ2) is 16.2. The molecular weight excluding hydrogens is 586 g/mol. The third kappa shape index (κ3) is 11.8. The van der Waals surface area contributed by atoms with Crippen molar-refractivity contribution in [3.8, 4) is 11.3 Å². The van der Waals surface area contributed by atoms with Crippen LogP contribution in [0.4, 0.5) is 9.59 Å². The van der Waals surface area contributed by atoms with Crippen LogP contribution in [0.25, 0.3) is 11.3 Å². The number of methoxy groups -OCH3 is 1. The summed E-state index contributed by atoms with van der Waals surface area (Å²) in [5.74, 6) is -0.477. The highest BCUT2D eigenvalue weighted by Gasteiger charge is 2.36. The lowest BCUT2D eigenvalue weighted by molar-refractivity contribution is -0.127. The summed E-state index contributed by atoms with van der Waals surface area (Å²) < 4.78 is 10.2. The maximum atomic E-state index is 13.6. The molecule has 4 N–H and O–H groups in total. The number of carbonyl (C=O) groups excluding carboxylic acids is 3. The molecular formula is C35H47N5O6. The summed E-state index contributed by atoms with van der Waals surface area (Å²) in [5, 5.41) is 18.8. The van der Waals surface area contributed by atoms with Crippen molar-refractivity contribution in [1.29, 1.82) is 0 Å². The number of nitrogens with zero attached hydrogens (tertiary/aromatic N) is 2. The van der Waals surface area contributed by atoms with Crippen LogP contribution in [-0.4, -0.2) is 70.6 Å². The van der Waals surface area contributed by atoms with Crippen molar-refractivity contribution in [3.63, 3.8) is 0 Å². The molecule has 3 atom stereocenters. The van der Waals surface area contributed by atoms with Crippen LogP contribution in [0.5, 0.6) is 0 Å². The zero-order chi connectivity index (χ0) is 33.9. The van der Waals surface area contributed by atoms with E-state index in [-0.39, 0.29) is 13.1 Å². The molecule has 0 bridgehead atoms. The van der Waals surface area contributed by atoms with Gasteiger partial charge in [-0.25, -0.2) is 14.6 Å². The van der Waals surface area contributed by atoms with Gasteiger partial charge in [0.2, 0.25) is 5.91 Å². The molecule has 3 rings (SSSR count). The van der Waals surface area contributed by atoms with Gasteiger partial charge in [0, 0.05) is 24.8 Å². The van der Waals surface area contributed by atoms with Crippen LogP contribution in [0, 0.1) is 5.41 Å². The van der Waals surface area contributed by atoms with E-state index in [1.807, 2.05) is 93.6 Å². The van der Waals surface area contributed by atoms with Crippen LogP contribution in [0.15, 0.2) is 79.0 Å². The van der Waals surface area contributed by atoms with Gasteiger partial charge >= 0.3 is 12.2 Å². The van der Waals surface area contributed by atoms with E-state index < -0.39 is 47.3 Å². The van der Waals surface area contributed by atoms with Crippen LogP contribution in [0.1, 0.15) is 52.7 Å². The van der Waals surface area contributed by atoms with Gasteiger partial charge in [-0.05, 0) is 55.9 Å². The van der Waals surface area contributed by atoms with Crippen LogP contribution < -0.4 is 16.1 Å². The monoisotopic (exact) mass is 633 g/mol. The van der Waals surface area contributed by atoms with Crippen molar-refractivity contribution >= 4 is 18.1 Å². The molecule has 3 amide bonds. The number of amides is 3. The Morgan fingerprint density at radius 3 is 2.07 bits per heavy atom. The van der Waals surface area contributed by atoms with E-state index in [0.29, 0.717) is 6.42 Å². The summed E-state index contributed by atoms with van der Waals surface area (Å²) >= 11 is 0. The SMILES string of the molecule is COC(=O)N[C@H](C(=O)N[C@@H](Cc1ccccc1)[C@@H](O)CN(Cc1ccc(-c2ccccn2)cc1)NC(=O)OC(C)(C)C)C(C)(C)C. The first-order chi connectivity index (χ1) is 21.6. The molecule has 2 aromatic carbocycles. The summed E-state index contributed by atoms with van der Waals surface area (Å²) in [5.41, 5.74) is 4.89. The molecule has 1 heterocycles. The summed E-state index contributed by atoms with van der Waals surface area (Å²) in [6.45, 7) is 10.9. The molecule has 11 nitrogen and oxygen atoms in total. The van der Waals surface area contributed by atoms with Crippen LogP contribution >= 0.6 is 0 Å². The molecule has 46 heavy (non-hydrogen) atoms. The number of aliphatic hydroxyl groups excluding tert-OH is 1. The van der Waals surface area contributed by atoms with Crippen molar-refractivity contribution in [2.45, 2.75) is 78.3 Å². The van der Waals surface area contributed by atoms with Gasteiger partial charge < -0.3 is 25.2 Å². The standard InChI is InChI=1S/C35H47N5O6/c1-34(2,3)30(38-32(43)45-7)31(42)37-28(21-24-13-9-8-10-14-24)29(41)23-40(39-33(44)46-35(4,5)6)22-25-16-18-26(19-17-25)27-15-11-12-20-36-27/h8-20,28-30,41H,21-23H2,1-7H3,(H,37,42)(H,38,43)(H,39,44)/t28-,29-,30+/m0/s1. The van der Waals surface area contributed by atoms with Gasteiger partial charge in [-0.1, -0.05) is 81.4 Å². The summed E-state index contributed by atoms with van der Waals surface area (Å²) in [6, 6.07) is 21.2. The number of aliphatic hydroxyl groups is 1. The Morgan fingerprint density at radius 2 is 1.50 bits per heavy atom. The molecule has 248 valence electrons. The highest BCUT2D eigenvalue weighted by molar-refractivity contribution is 5.86. The van der Waals surface area contributed by atoms with E-state index in [1.165, 1.54) is 7.11 Å². The van der Waals surface area contributed by atoms with Gasteiger partial charge in [0.15, 0.2) is 0 Å². The lowest BCUT2D eigenvalue weighted by Gasteiger charge is -2.34. The highest BCUT2D eigenvalue weighted by Crippen LogP contribution is 2.21. The molecule has 11 heteroatoms. The van der Waals surface area contributed by atoms with Crippen molar-refractivity contribution in [3.05, 3.63) is 90.1 Å². The van der Waals surface area contributed by atoms with E-state index in [1.54, 1.807) is 32.0 Å². The predicted octanol–water partition coefficient (Wildman–Crippen LogP) is 4.85. The van der Waals surface area contributed by atoms with E-state index in [0.717, 1.165) is 22.4 Å². The fraction of sp³-hybridized carbons (Fsp3) is 0.429. The fourth-order valence-electron chi connectivity index (χ4n) is 4.74. The third-order valence-corrected chi connectivity index (χ3v) is 7.01. The normalized spacial score (nSPS) is 13.7. The lowest BCUT2D eigenvalue weighted by Crippen LogP contribution is -2.59. The number of benzene rings is 2. The second-order valence-electron chi connectivity index (χ2n) is 13.2. The quantitative estimate of drug-likeness (QED) is 0.208. The summed E-state index contributed by atoms with van der Waals surface area (Å²) in [6.07, 6.45) is -0.537. The number of rotatable bonds is 12. The Hall–Kier alpha value is -4.48. The molecule has 0 aliphatic carbocycles. The van der Waals surface area contributed by atoms with Gasteiger partial charge in [0.05, 0.1) is 24.9 Å². The summed E-state index contributed by atoms with van der Waals surface area (Å²) in [4.78, 5) is 42.9. The van der Waals surface area contributed by atoms with Gasteiger partial charge in [0.25, 0.3) is 0 Å². The molecule has 0 saturated heterocycles. The van der Waals surface area contributed by atoms with Crippen LogP contribution in [-0.2, 0) is 27.2 Å². The van der Waals surface area contributed by atoms with Crippen molar-refractivity contribution in [2.75, 3.05) is 13.7 Å². The first-order valence-electron chi connectivity index (χ1n) is 15.3. The number of ether oxygens (including phenoxy) is 2. The average molecular weight is 634 g/mol. The third-order valence-electron chi connectivity index (χ3n) is 7.01. The Balaban J connectivity index is 1.87. The second-order valence-corrected chi connectivity index (χ2v) is 13.2. The molecule has 1 aromatic heterocycles. The zero-order valence-corrected chi connectivity index (χ0v) is 27.7. The Kier molecular flexibility index (Phi) is 12.7. The predicted molar refractivity (Wildman–Crippen MR) is 176 cm³/mol. The van der Waals surface area contributed by atoms with Gasteiger partial charge in [-0.2, -0.15) is 0 Å². The molecule has 3 aromatic rings. The van der Waals surface area contributed by atoms with Crippen molar-refractivity contribution in [2.24, 2.45) is 5.41 Å². The first-order valence-corrected chi connectivity index (χ1v) is 15.3. The smallest absolute Gasteiger partial charge is 0.422 e. The minimum absolute atomic E-state index is 0.0520. The minimum Gasteiger partial charge on any atom is -0.453 e. The number of hydrogen-bond donors (Lipinski definition) is 4. The minimum atomic E-state index is -1.15. The Labute approximate surface area is 271 Å². The number of hydrogen-bond acceptors (Lipinski definition) is 8. The molecule has 0 fully saturated rings. The molecule has 0 saturated carbocycles. The van der Waals surface area contributed by atoms with Crippen molar-refractivity contribution in [1.82, 2.24) is 26.1 Å². The van der Waals surface area contributed by atoms with Crippen molar-refractivity contribution < 1.29 is 29.0 Å². The zero-order valence-electron chi connectivity index (χ0n) is 27.7. The molecule has 0 aliphatic heterocycles. The molecule has 0 unspecified atom stereocenters. The number of aromatic nitrogens is 1. The molecule has 0 radical (unpaired) electrons. The number of hydrazine groups is 1. The van der Waals surface area contributed by atoms with Gasteiger partial charge in [-0.15, -0.1) is 0 Å². The number of pyridine rings is 1. The fourth-order valence-corrected chi connectivity index (χ4v) is 4.74. The van der Waals surface area contributed by atoms with E-state index >= 15 is 0 Å². The van der Waals surface area contributed by atoms with Crippen LogP contribution in [0.3, 0.4) is 0 Å². The van der Waals surface area contributed by atoms with Crippen LogP contribution in [0.2, 0.25) is 0 Å². The maximum Gasteiger partial charge on any atom is 0.422 e. The van der Waals surface area contributed by atoms with E-state index in [9.17, 15) is 19.5 Å². The van der Waals surface area contributed by atoms with E-state index in [2.05, 4.69) is 21.0 Å². The number of carbonyl (C=O) groups is 3. The molecule has 0 aliphatic rings. The number of alkyl carbamates (subject to hydrolysis) is 1. The number of nitrogens with one attached hydrogen (secondary N) is 3.